The molecule has 2 rings (SSSR count). The summed E-state index contributed by atoms with van der Waals surface area (Å²) in [5.41, 5.74) is 0.504. The first-order valence-electron chi connectivity index (χ1n) is 6.43. The van der Waals surface area contributed by atoms with Gasteiger partial charge in [-0.25, -0.2) is 4.98 Å². The maximum Gasteiger partial charge on any atom is 0.253 e. The van der Waals surface area contributed by atoms with Gasteiger partial charge in [0.2, 0.25) is 0 Å². The fourth-order valence-electron chi connectivity index (χ4n) is 1.61. The average molecular weight is 305 g/mol. The highest BCUT2D eigenvalue weighted by Crippen LogP contribution is 2.12. The number of rotatable bonds is 6. The minimum atomic E-state index is -0.201. The van der Waals surface area contributed by atoms with Crippen LogP contribution in [0.15, 0.2) is 42.9 Å². The Morgan fingerprint density at radius 1 is 1.38 bits per heavy atom. The van der Waals surface area contributed by atoms with Crippen molar-refractivity contribution in [3.05, 3.63) is 60.5 Å². The standard InChI is InChI=1S/C15H15ClN3O2/c1-2-12(10-21-13-5-6-14(16)18-9-13)19-15(20)11-4-3-7-17-8-11/h3-9,12H,1-2,10H2,(H,19,20). The molecule has 0 aliphatic rings. The van der Waals surface area contributed by atoms with Crippen molar-refractivity contribution in [2.45, 2.75) is 12.5 Å². The number of aromatic nitrogens is 2. The third-order valence-corrected chi connectivity index (χ3v) is 2.98. The number of carbonyl (C=O) groups excluding carboxylic acids is 1. The molecule has 0 aliphatic heterocycles. The van der Waals surface area contributed by atoms with Gasteiger partial charge in [-0.05, 0) is 30.7 Å². The maximum absolute atomic E-state index is 12.0. The number of hydrogen-bond acceptors (Lipinski definition) is 4. The highest BCUT2D eigenvalue weighted by atomic mass is 35.5. The Labute approximate surface area is 128 Å². The second-order valence-electron chi connectivity index (χ2n) is 4.33. The molecule has 0 fully saturated rings. The first-order chi connectivity index (χ1) is 10.2. The maximum atomic E-state index is 12.0. The molecule has 5 nitrogen and oxygen atoms in total. The van der Waals surface area contributed by atoms with E-state index in [2.05, 4.69) is 22.2 Å². The van der Waals surface area contributed by atoms with Crippen molar-refractivity contribution in [1.29, 1.82) is 0 Å². The summed E-state index contributed by atoms with van der Waals surface area (Å²) in [4.78, 5) is 19.8. The van der Waals surface area contributed by atoms with Crippen LogP contribution in [0.4, 0.5) is 0 Å². The van der Waals surface area contributed by atoms with Crippen molar-refractivity contribution < 1.29 is 9.53 Å². The van der Waals surface area contributed by atoms with Crippen molar-refractivity contribution in [1.82, 2.24) is 15.3 Å². The zero-order chi connectivity index (χ0) is 15.1. The number of ether oxygens (including phenoxy) is 1. The molecular weight excluding hydrogens is 290 g/mol. The lowest BCUT2D eigenvalue weighted by Crippen LogP contribution is -2.38. The van der Waals surface area contributed by atoms with Gasteiger partial charge in [-0.3, -0.25) is 9.78 Å². The monoisotopic (exact) mass is 304 g/mol. The fourth-order valence-corrected chi connectivity index (χ4v) is 1.72. The molecule has 2 heterocycles. The Bertz CT molecular complexity index is 575. The van der Waals surface area contributed by atoms with Crippen molar-refractivity contribution in [2.24, 2.45) is 0 Å². The van der Waals surface area contributed by atoms with E-state index in [9.17, 15) is 4.79 Å². The summed E-state index contributed by atoms with van der Waals surface area (Å²) in [5.74, 6) is 0.392. The smallest absolute Gasteiger partial charge is 0.253 e. The van der Waals surface area contributed by atoms with Crippen LogP contribution in [0.3, 0.4) is 0 Å². The van der Waals surface area contributed by atoms with Crippen molar-refractivity contribution in [3.63, 3.8) is 0 Å². The first kappa shape index (κ1) is 15.3. The molecule has 2 aromatic rings. The Morgan fingerprint density at radius 3 is 2.86 bits per heavy atom. The Balaban J connectivity index is 1.88. The predicted molar refractivity (Wildman–Crippen MR) is 80.2 cm³/mol. The van der Waals surface area contributed by atoms with E-state index in [4.69, 9.17) is 16.3 Å². The zero-order valence-electron chi connectivity index (χ0n) is 11.3. The summed E-state index contributed by atoms with van der Waals surface area (Å²) < 4.78 is 5.56. The summed E-state index contributed by atoms with van der Waals surface area (Å²) in [6, 6.07) is 6.58. The Morgan fingerprint density at radius 2 is 2.24 bits per heavy atom. The van der Waals surface area contributed by atoms with Crippen LogP contribution in [0.5, 0.6) is 5.75 Å². The molecule has 109 valence electrons. The molecule has 0 aromatic carbocycles. The van der Waals surface area contributed by atoms with Gasteiger partial charge < -0.3 is 10.1 Å². The number of hydrogen-bond donors (Lipinski definition) is 1. The van der Waals surface area contributed by atoms with Gasteiger partial charge in [-0.1, -0.05) is 18.5 Å². The van der Waals surface area contributed by atoms with Crippen molar-refractivity contribution in [3.8, 4) is 5.75 Å². The van der Waals surface area contributed by atoms with E-state index in [0.717, 1.165) is 0 Å². The number of halogens is 1. The molecule has 0 spiro atoms. The lowest BCUT2D eigenvalue weighted by Gasteiger charge is -2.17. The van der Waals surface area contributed by atoms with Crippen LogP contribution in [0.1, 0.15) is 16.8 Å². The highest BCUT2D eigenvalue weighted by Gasteiger charge is 2.13. The number of amides is 1. The van der Waals surface area contributed by atoms with Crippen LogP contribution in [0, 0.1) is 6.92 Å². The molecule has 1 N–H and O–H groups in total. The minimum Gasteiger partial charge on any atom is -0.490 e. The molecule has 2 aromatic heterocycles. The Hall–Kier alpha value is -2.14. The Kier molecular flexibility index (Phi) is 5.51. The molecular formula is C15H15ClN3O2. The van der Waals surface area contributed by atoms with E-state index in [1.165, 1.54) is 12.4 Å². The summed E-state index contributed by atoms with van der Waals surface area (Å²) in [7, 11) is 0. The predicted octanol–water partition coefficient (Wildman–Crippen LogP) is 2.53. The SMILES string of the molecule is [CH2]CC(COc1ccc(Cl)nc1)NC(=O)c1cccnc1. The van der Waals surface area contributed by atoms with E-state index in [1.807, 2.05) is 0 Å². The number of nitrogens with zero attached hydrogens (tertiary/aromatic N) is 2. The summed E-state index contributed by atoms with van der Waals surface area (Å²) in [6.45, 7) is 4.12. The minimum absolute atomic E-state index is 0.199. The van der Waals surface area contributed by atoms with Gasteiger partial charge in [0.1, 0.15) is 17.5 Å². The fraction of sp³-hybridized carbons (Fsp3) is 0.200. The van der Waals surface area contributed by atoms with Crippen LogP contribution >= 0.6 is 11.6 Å². The molecule has 0 saturated carbocycles. The molecule has 6 heteroatoms. The lowest BCUT2D eigenvalue weighted by molar-refractivity contribution is 0.0921. The van der Waals surface area contributed by atoms with Gasteiger partial charge >= 0.3 is 0 Å². The van der Waals surface area contributed by atoms with Crippen LogP contribution < -0.4 is 10.1 Å². The van der Waals surface area contributed by atoms with E-state index >= 15 is 0 Å². The average Bonchev–Trinajstić information content (AvgIpc) is 2.53. The summed E-state index contributed by atoms with van der Waals surface area (Å²) in [6.07, 6.45) is 5.17. The molecule has 21 heavy (non-hydrogen) atoms. The molecule has 1 atom stereocenters. The van der Waals surface area contributed by atoms with Crippen LogP contribution in [-0.2, 0) is 0 Å². The van der Waals surface area contributed by atoms with E-state index in [0.29, 0.717) is 29.5 Å². The highest BCUT2D eigenvalue weighted by molar-refractivity contribution is 6.29. The largest absolute Gasteiger partial charge is 0.490 e. The van der Waals surface area contributed by atoms with Crippen molar-refractivity contribution in [2.75, 3.05) is 6.61 Å². The second kappa shape index (κ2) is 7.59. The van der Waals surface area contributed by atoms with E-state index in [1.54, 1.807) is 30.5 Å². The number of nitrogens with one attached hydrogen (secondary N) is 1. The molecule has 1 radical (unpaired) electrons. The normalized spacial score (nSPS) is 11.7. The summed E-state index contributed by atoms with van der Waals surface area (Å²) >= 11 is 5.70. The molecule has 1 amide bonds. The topological polar surface area (TPSA) is 64.1 Å². The first-order valence-corrected chi connectivity index (χ1v) is 6.81. The zero-order valence-corrected chi connectivity index (χ0v) is 12.1. The van der Waals surface area contributed by atoms with Crippen LogP contribution in [-0.4, -0.2) is 28.5 Å². The molecule has 0 saturated heterocycles. The third kappa shape index (κ3) is 4.72. The van der Waals surface area contributed by atoms with Crippen LogP contribution in [0.25, 0.3) is 0 Å². The second-order valence-corrected chi connectivity index (χ2v) is 4.72. The quantitative estimate of drug-likeness (QED) is 0.833. The third-order valence-electron chi connectivity index (χ3n) is 2.76. The molecule has 1 unspecified atom stereocenters. The lowest BCUT2D eigenvalue weighted by atomic mass is 10.2. The van der Waals surface area contributed by atoms with E-state index < -0.39 is 0 Å². The van der Waals surface area contributed by atoms with Crippen LogP contribution in [0.2, 0.25) is 5.15 Å². The van der Waals surface area contributed by atoms with E-state index in [-0.39, 0.29) is 11.9 Å². The number of pyridine rings is 2. The summed E-state index contributed by atoms with van der Waals surface area (Å²) in [5, 5.41) is 3.26. The van der Waals surface area contributed by atoms with Gasteiger partial charge in [-0.15, -0.1) is 0 Å². The number of carbonyl (C=O) groups is 1. The van der Waals surface area contributed by atoms with Gasteiger partial charge in [0.25, 0.3) is 5.91 Å². The van der Waals surface area contributed by atoms with Gasteiger partial charge in [0.15, 0.2) is 0 Å². The molecule has 0 bridgehead atoms. The van der Waals surface area contributed by atoms with Crippen molar-refractivity contribution >= 4 is 17.5 Å². The van der Waals surface area contributed by atoms with Gasteiger partial charge in [-0.2, -0.15) is 0 Å². The molecule has 0 aliphatic carbocycles. The van der Waals surface area contributed by atoms with Gasteiger partial charge in [0, 0.05) is 12.4 Å². The van der Waals surface area contributed by atoms with Gasteiger partial charge in [0.05, 0.1) is 17.8 Å².